The molecule has 3 unspecified atom stereocenters. The second kappa shape index (κ2) is 8.01. The zero-order chi connectivity index (χ0) is 15.5. The summed E-state index contributed by atoms with van der Waals surface area (Å²) in [4.78, 5) is 0. The highest BCUT2D eigenvalue weighted by molar-refractivity contribution is 5.85. The van der Waals surface area contributed by atoms with Crippen molar-refractivity contribution in [1.29, 1.82) is 0 Å². The van der Waals surface area contributed by atoms with Crippen molar-refractivity contribution >= 4 is 12.4 Å². The molecule has 1 aliphatic heterocycles. The zero-order valence-electron chi connectivity index (χ0n) is 12.4. The molecule has 0 aromatic heterocycles. The molecular weight excluding hydrogens is 319 g/mol. The minimum atomic E-state index is -4.65. The fourth-order valence-corrected chi connectivity index (χ4v) is 2.30. The van der Waals surface area contributed by atoms with Crippen molar-refractivity contribution in [3.8, 4) is 5.75 Å². The lowest BCUT2D eigenvalue weighted by atomic mass is 10.0. The number of rotatable bonds is 5. The van der Waals surface area contributed by atoms with Crippen molar-refractivity contribution in [2.24, 2.45) is 5.92 Å². The maximum atomic E-state index is 12.1. The van der Waals surface area contributed by atoms with E-state index < -0.39 is 6.36 Å². The van der Waals surface area contributed by atoms with Gasteiger partial charge in [-0.05, 0) is 31.5 Å². The first-order valence-electron chi connectivity index (χ1n) is 6.92. The molecule has 0 amide bonds. The quantitative estimate of drug-likeness (QED) is 0.772. The maximum absolute atomic E-state index is 12.1. The molecule has 1 fully saturated rings. The van der Waals surface area contributed by atoms with Crippen molar-refractivity contribution in [2.45, 2.75) is 32.3 Å². The average molecular weight is 340 g/mol. The molecule has 0 bridgehead atoms. The molecular formula is C14H21ClF3N3O. The van der Waals surface area contributed by atoms with Gasteiger partial charge in [0.1, 0.15) is 5.75 Å². The Morgan fingerprint density at radius 1 is 1.32 bits per heavy atom. The van der Waals surface area contributed by atoms with Gasteiger partial charge in [0.2, 0.25) is 0 Å². The lowest BCUT2D eigenvalue weighted by Crippen LogP contribution is -2.33. The van der Waals surface area contributed by atoms with E-state index in [1.54, 1.807) is 12.1 Å². The van der Waals surface area contributed by atoms with Gasteiger partial charge in [-0.2, -0.15) is 0 Å². The van der Waals surface area contributed by atoms with Crippen LogP contribution in [0.5, 0.6) is 5.75 Å². The highest BCUT2D eigenvalue weighted by atomic mass is 35.5. The van der Waals surface area contributed by atoms with Crippen LogP contribution in [0, 0.1) is 5.92 Å². The lowest BCUT2D eigenvalue weighted by Gasteiger charge is -2.19. The molecule has 1 aromatic rings. The second-order valence-corrected chi connectivity index (χ2v) is 5.32. The molecule has 2 rings (SSSR count). The molecule has 0 aliphatic carbocycles. The smallest absolute Gasteiger partial charge is 0.406 e. The van der Waals surface area contributed by atoms with Crippen LogP contribution in [0.2, 0.25) is 0 Å². The number of benzene rings is 1. The Morgan fingerprint density at radius 3 is 2.45 bits per heavy atom. The third kappa shape index (κ3) is 5.64. The van der Waals surface area contributed by atoms with E-state index in [4.69, 9.17) is 0 Å². The molecule has 0 radical (unpaired) electrons. The lowest BCUT2D eigenvalue weighted by molar-refractivity contribution is -0.274. The van der Waals surface area contributed by atoms with E-state index in [1.165, 1.54) is 12.1 Å². The van der Waals surface area contributed by atoms with E-state index >= 15 is 0 Å². The largest absolute Gasteiger partial charge is 0.573 e. The monoisotopic (exact) mass is 339 g/mol. The first kappa shape index (κ1) is 19.0. The predicted molar refractivity (Wildman–Crippen MR) is 80.9 cm³/mol. The van der Waals surface area contributed by atoms with Gasteiger partial charge in [-0.25, -0.2) is 0 Å². The van der Waals surface area contributed by atoms with Crippen molar-refractivity contribution in [3.05, 3.63) is 29.8 Å². The van der Waals surface area contributed by atoms with Gasteiger partial charge in [0.25, 0.3) is 0 Å². The van der Waals surface area contributed by atoms with E-state index in [0.717, 1.165) is 18.7 Å². The van der Waals surface area contributed by atoms with Crippen LogP contribution in [0.4, 0.5) is 13.2 Å². The van der Waals surface area contributed by atoms with E-state index in [9.17, 15) is 13.2 Å². The number of nitrogens with one attached hydrogen (secondary N) is 3. The van der Waals surface area contributed by atoms with Crippen LogP contribution < -0.4 is 20.9 Å². The number of halogens is 4. The minimum absolute atomic E-state index is 0. The van der Waals surface area contributed by atoms with Gasteiger partial charge < -0.3 is 10.1 Å². The predicted octanol–water partition coefficient (Wildman–Crippen LogP) is 2.77. The van der Waals surface area contributed by atoms with Crippen molar-refractivity contribution in [2.75, 3.05) is 13.1 Å². The molecule has 0 saturated carbocycles. The van der Waals surface area contributed by atoms with Crippen LogP contribution >= 0.6 is 12.4 Å². The Bertz CT molecular complexity index is 456. The molecule has 1 heterocycles. The summed E-state index contributed by atoms with van der Waals surface area (Å²) >= 11 is 0. The summed E-state index contributed by atoms with van der Waals surface area (Å²) in [6.07, 6.45) is -4.65. The third-order valence-corrected chi connectivity index (χ3v) is 3.70. The number of hydrazine groups is 1. The maximum Gasteiger partial charge on any atom is 0.573 e. The fraction of sp³-hybridized carbons (Fsp3) is 0.571. The molecule has 126 valence electrons. The molecule has 1 aliphatic rings. The fourth-order valence-electron chi connectivity index (χ4n) is 2.30. The molecule has 1 aromatic carbocycles. The number of alkyl halides is 3. The van der Waals surface area contributed by atoms with Crippen molar-refractivity contribution in [3.63, 3.8) is 0 Å². The Balaban J connectivity index is 0.00000242. The molecule has 4 nitrogen and oxygen atoms in total. The standard InChI is InChI=1S/C14H20F3N3O.ClH/c1-9(18-7-12-8-19-20-10(12)2)11-3-5-13(6-4-11)21-14(15,16)17;/h3-6,9-10,12,18-20H,7-8H2,1-2H3;1H. The van der Waals surface area contributed by atoms with Crippen LogP contribution in [0.1, 0.15) is 25.5 Å². The summed E-state index contributed by atoms with van der Waals surface area (Å²) in [6.45, 7) is 5.84. The highest BCUT2D eigenvalue weighted by Crippen LogP contribution is 2.24. The van der Waals surface area contributed by atoms with Crippen molar-refractivity contribution < 1.29 is 17.9 Å². The normalized spacial score (nSPS) is 23.0. The van der Waals surface area contributed by atoms with Crippen LogP contribution in [0.25, 0.3) is 0 Å². The van der Waals surface area contributed by atoms with Gasteiger partial charge in [0.05, 0.1) is 0 Å². The van der Waals surface area contributed by atoms with E-state index in [0.29, 0.717) is 12.0 Å². The van der Waals surface area contributed by atoms with Gasteiger partial charge in [-0.15, -0.1) is 25.6 Å². The van der Waals surface area contributed by atoms with E-state index in [-0.39, 0.29) is 24.2 Å². The summed E-state index contributed by atoms with van der Waals surface area (Å²) in [7, 11) is 0. The van der Waals surface area contributed by atoms with Crippen LogP contribution in [-0.4, -0.2) is 25.5 Å². The van der Waals surface area contributed by atoms with Gasteiger partial charge >= 0.3 is 6.36 Å². The Kier molecular flexibility index (Phi) is 6.93. The summed E-state index contributed by atoms with van der Waals surface area (Å²) in [6, 6.07) is 6.43. The summed E-state index contributed by atoms with van der Waals surface area (Å²) in [5.41, 5.74) is 7.18. The van der Waals surface area contributed by atoms with Crippen LogP contribution in [0.3, 0.4) is 0 Å². The van der Waals surface area contributed by atoms with E-state index in [2.05, 4.69) is 27.8 Å². The summed E-state index contributed by atoms with van der Waals surface area (Å²) < 4.78 is 40.1. The third-order valence-electron chi connectivity index (χ3n) is 3.70. The van der Waals surface area contributed by atoms with Gasteiger partial charge in [-0.3, -0.25) is 10.9 Å². The molecule has 1 saturated heterocycles. The first-order valence-corrected chi connectivity index (χ1v) is 6.92. The Hall–Kier alpha value is -1.02. The SMILES string of the molecule is CC(NCC1CNNC1C)c1ccc(OC(F)(F)F)cc1.Cl. The minimum Gasteiger partial charge on any atom is -0.406 e. The molecule has 3 N–H and O–H groups in total. The van der Waals surface area contributed by atoms with Gasteiger partial charge in [-0.1, -0.05) is 12.1 Å². The van der Waals surface area contributed by atoms with Crippen LogP contribution in [0.15, 0.2) is 24.3 Å². The number of hydrogen-bond donors (Lipinski definition) is 3. The molecule has 8 heteroatoms. The molecule has 3 atom stereocenters. The average Bonchev–Trinajstić information content (AvgIpc) is 2.80. The summed E-state index contributed by atoms with van der Waals surface area (Å²) in [5, 5.41) is 3.40. The Labute approximate surface area is 134 Å². The Morgan fingerprint density at radius 2 is 1.95 bits per heavy atom. The van der Waals surface area contributed by atoms with E-state index in [1.807, 2.05) is 6.92 Å². The van der Waals surface area contributed by atoms with Crippen molar-refractivity contribution in [1.82, 2.24) is 16.2 Å². The molecule has 22 heavy (non-hydrogen) atoms. The number of ether oxygens (including phenoxy) is 1. The number of hydrogen-bond acceptors (Lipinski definition) is 4. The zero-order valence-corrected chi connectivity index (χ0v) is 13.2. The second-order valence-electron chi connectivity index (χ2n) is 5.32. The first-order chi connectivity index (χ1) is 9.85. The molecule has 0 spiro atoms. The van der Waals surface area contributed by atoms with Crippen LogP contribution in [-0.2, 0) is 0 Å². The van der Waals surface area contributed by atoms with Gasteiger partial charge in [0.15, 0.2) is 0 Å². The highest BCUT2D eigenvalue weighted by Gasteiger charge is 2.31. The summed E-state index contributed by atoms with van der Waals surface area (Å²) in [5.74, 6) is 0.288. The van der Waals surface area contributed by atoms with Gasteiger partial charge in [0, 0.05) is 31.1 Å². The topological polar surface area (TPSA) is 45.3 Å².